The summed E-state index contributed by atoms with van der Waals surface area (Å²) in [7, 11) is 1.54. The van der Waals surface area contributed by atoms with Gasteiger partial charge < -0.3 is 15.4 Å². The highest BCUT2D eigenvalue weighted by Crippen LogP contribution is 2.31. The molecule has 10 nitrogen and oxygen atoms in total. The molecule has 1 fully saturated rings. The fourth-order valence-electron chi connectivity index (χ4n) is 3.51. The molecule has 3 rings (SSSR count). The molecule has 0 saturated carbocycles. The molecule has 162 valence electrons. The summed E-state index contributed by atoms with van der Waals surface area (Å²) < 4.78 is 5.23. The molecule has 31 heavy (non-hydrogen) atoms. The first-order valence-corrected chi connectivity index (χ1v) is 9.41. The highest BCUT2D eigenvalue weighted by atomic mass is 16.6. The number of anilines is 1. The van der Waals surface area contributed by atoms with Crippen molar-refractivity contribution in [2.24, 2.45) is 0 Å². The van der Waals surface area contributed by atoms with E-state index in [2.05, 4.69) is 10.6 Å². The number of aryl methyl sites for hydroxylation is 2. The lowest BCUT2D eigenvalue weighted by Crippen LogP contribution is -2.42. The Bertz CT molecular complexity index is 1100. The van der Waals surface area contributed by atoms with Crippen LogP contribution in [-0.2, 0) is 15.1 Å². The van der Waals surface area contributed by atoms with Gasteiger partial charge in [0.15, 0.2) is 0 Å². The number of ether oxygens (including phenoxy) is 1. The van der Waals surface area contributed by atoms with Gasteiger partial charge in [-0.2, -0.15) is 0 Å². The standard InChI is InChI=1S/C21H22N4O6/c1-12-10-15(6-7-16(12)25(29)30)22-18(26)11-24-19(27)21(3,23-20(24)28)14-5-8-17(31-4)13(2)9-14/h5-10H,11H2,1-4H3,(H,22,26)(H,23,28). The van der Waals surface area contributed by atoms with Crippen LogP contribution in [0.5, 0.6) is 5.75 Å². The molecular weight excluding hydrogens is 404 g/mol. The topological polar surface area (TPSA) is 131 Å². The second-order valence-corrected chi connectivity index (χ2v) is 7.44. The third-order valence-corrected chi connectivity index (χ3v) is 5.23. The molecule has 0 aromatic heterocycles. The fraction of sp³-hybridized carbons (Fsp3) is 0.286. The molecule has 0 radical (unpaired) electrons. The van der Waals surface area contributed by atoms with E-state index in [4.69, 9.17) is 4.74 Å². The van der Waals surface area contributed by atoms with Crippen molar-refractivity contribution in [3.8, 4) is 5.75 Å². The molecule has 1 saturated heterocycles. The molecule has 2 aromatic carbocycles. The third-order valence-electron chi connectivity index (χ3n) is 5.23. The lowest BCUT2D eigenvalue weighted by molar-refractivity contribution is -0.385. The van der Waals surface area contributed by atoms with Crippen LogP contribution in [0, 0.1) is 24.0 Å². The summed E-state index contributed by atoms with van der Waals surface area (Å²) >= 11 is 0. The Morgan fingerprint density at radius 2 is 1.90 bits per heavy atom. The molecule has 1 unspecified atom stereocenters. The van der Waals surface area contributed by atoms with Crippen molar-refractivity contribution >= 4 is 29.2 Å². The maximum Gasteiger partial charge on any atom is 0.325 e. The molecule has 1 aliphatic heterocycles. The number of urea groups is 1. The van der Waals surface area contributed by atoms with Crippen molar-refractivity contribution in [1.82, 2.24) is 10.2 Å². The van der Waals surface area contributed by atoms with Gasteiger partial charge in [-0.05, 0) is 56.2 Å². The largest absolute Gasteiger partial charge is 0.496 e. The number of nitro benzene ring substituents is 1. The van der Waals surface area contributed by atoms with E-state index in [9.17, 15) is 24.5 Å². The molecule has 2 aromatic rings. The van der Waals surface area contributed by atoms with Crippen molar-refractivity contribution in [2.45, 2.75) is 26.3 Å². The normalized spacial score (nSPS) is 18.0. The predicted molar refractivity (Wildman–Crippen MR) is 112 cm³/mol. The summed E-state index contributed by atoms with van der Waals surface area (Å²) in [5.41, 5.74) is 0.677. The molecule has 0 bridgehead atoms. The number of nitrogens with one attached hydrogen (secondary N) is 2. The number of nitro groups is 1. The van der Waals surface area contributed by atoms with Gasteiger partial charge in [-0.15, -0.1) is 0 Å². The van der Waals surface area contributed by atoms with E-state index >= 15 is 0 Å². The summed E-state index contributed by atoms with van der Waals surface area (Å²) in [6.07, 6.45) is 0. The maximum atomic E-state index is 13.0. The molecule has 0 spiro atoms. The highest BCUT2D eigenvalue weighted by Gasteiger charge is 2.49. The van der Waals surface area contributed by atoms with Gasteiger partial charge in [-0.3, -0.25) is 24.6 Å². The Morgan fingerprint density at radius 3 is 2.48 bits per heavy atom. The van der Waals surface area contributed by atoms with Crippen LogP contribution in [-0.4, -0.2) is 41.3 Å². The van der Waals surface area contributed by atoms with E-state index in [-0.39, 0.29) is 5.69 Å². The van der Waals surface area contributed by atoms with Gasteiger partial charge in [0, 0.05) is 17.3 Å². The Hall–Kier alpha value is -3.95. The summed E-state index contributed by atoms with van der Waals surface area (Å²) in [6, 6.07) is 8.58. The van der Waals surface area contributed by atoms with E-state index in [1.807, 2.05) is 6.92 Å². The van der Waals surface area contributed by atoms with Crippen LogP contribution in [0.4, 0.5) is 16.2 Å². The van der Waals surface area contributed by atoms with E-state index in [1.165, 1.54) is 18.2 Å². The molecule has 4 amide bonds. The van der Waals surface area contributed by atoms with Gasteiger partial charge in [0.05, 0.1) is 12.0 Å². The average molecular weight is 426 g/mol. The van der Waals surface area contributed by atoms with Gasteiger partial charge in [-0.1, -0.05) is 6.07 Å². The molecule has 1 atom stereocenters. The van der Waals surface area contributed by atoms with E-state index in [0.717, 1.165) is 10.5 Å². The molecule has 1 aliphatic rings. The van der Waals surface area contributed by atoms with E-state index in [1.54, 1.807) is 39.2 Å². The first-order chi connectivity index (χ1) is 14.6. The van der Waals surface area contributed by atoms with Gasteiger partial charge in [0.1, 0.15) is 17.8 Å². The van der Waals surface area contributed by atoms with E-state index < -0.39 is 34.9 Å². The lowest BCUT2D eigenvalue weighted by atomic mass is 9.90. The van der Waals surface area contributed by atoms with Crippen LogP contribution in [0.15, 0.2) is 36.4 Å². The molecule has 0 aliphatic carbocycles. The number of nitrogens with zero attached hydrogens (tertiary/aromatic N) is 2. The minimum atomic E-state index is -1.32. The van der Waals surface area contributed by atoms with Crippen LogP contribution in [0.25, 0.3) is 0 Å². The fourth-order valence-corrected chi connectivity index (χ4v) is 3.51. The van der Waals surface area contributed by atoms with Crippen LogP contribution in [0.2, 0.25) is 0 Å². The van der Waals surface area contributed by atoms with Crippen LogP contribution in [0.1, 0.15) is 23.6 Å². The van der Waals surface area contributed by atoms with Crippen molar-refractivity contribution < 1.29 is 24.0 Å². The summed E-state index contributed by atoms with van der Waals surface area (Å²) in [5, 5.41) is 16.1. The Kier molecular flexibility index (Phi) is 5.65. The van der Waals surface area contributed by atoms with Gasteiger partial charge in [0.25, 0.3) is 11.6 Å². The summed E-state index contributed by atoms with van der Waals surface area (Å²) in [6.45, 7) is 4.45. The first-order valence-electron chi connectivity index (χ1n) is 9.41. The summed E-state index contributed by atoms with van der Waals surface area (Å²) in [4.78, 5) is 49.2. The number of carbonyl (C=O) groups is 3. The Balaban J connectivity index is 1.75. The van der Waals surface area contributed by atoms with Gasteiger partial charge >= 0.3 is 6.03 Å². The van der Waals surface area contributed by atoms with Crippen LogP contribution >= 0.6 is 0 Å². The first kappa shape index (κ1) is 21.8. The van der Waals surface area contributed by atoms with Crippen LogP contribution < -0.4 is 15.4 Å². The van der Waals surface area contributed by atoms with Crippen molar-refractivity contribution in [3.05, 3.63) is 63.2 Å². The Morgan fingerprint density at radius 1 is 1.19 bits per heavy atom. The molecule has 1 heterocycles. The van der Waals surface area contributed by atoms with Crippen molar-refractivity contribution in [3.63, 3.8) is 0 Å². The van der Waals surface area contributed by atoms with Crippen molar-refractivity contribution in [2.75, 3.05) is 19.0 Å². The number of methoxy groups -OCH3 is 1. The number of hydrogen-bond donors (Lipinski definition) is 2. The average Bonchev–Trinajstić information content (AvgIpc) is 2.91. The number of benzene rings is 2. The predicted octanol–water partition coefficient (Wildman–Crippen LogP) is 2.63. The number of rotatable bonds is 6. The molecule has 10 heteroatoms. The quantitative estimate of drug-likeness (QED) is 0.415. The number of carbonyl (C=O) groups excluding carboxylic acids is 3. The van der Waals surface area contributed by atoms with E-state index in [0.29, 0.717) is 22.6 Å². The smallest absolute Gasteiger partial charge is 0.325 e. The highest BCUT2D eigenvalue weighted by molar-refractivity contribution is 6.10. The third kappa shape index (κ3) is 4.04. The number of imide groups is 1. The van der Waals surface area contributed by atoms with Crippen LogP contribution in [0.3, 0.4) is 0 Å². The molecule has 2 N–H and O–H groups in total. The number of hydrogen-bond acceptors (Lipinski definition) is 6. The lowest BCUT2D eigenvalue weighted by Gasteiger charge is -2.23. The van der Waals surface area contributed by atoms with Gasteiger partial charge in [0.2, 0.25) is 5.91 Å². The maximum absolute atomic E-state index is 13.0. The second-order valence-electron chi connectivity index (χ2n) is 7.44. The zero-order chi connectivity index (χ0) is 22.9. The second kappa shape index (κ2) is 8.05. The zero-order valence-electron chi connectivity index (χ0n) is 17.5. The SMILES string of the molecule is COc1ccc(C2(C)NC(=O)N(CC(=O)Nc3ccc([N+](=O)[O-])c(C)c3)C2=O)cc1C. The molecular formula is C21H22N4O6. The van der Waals surface area contributed by atoms with Crippen molar-refractivity contribution in [1.29, 1.82) is 0 Å². The number of amides is 4. The Labute approximate surface area is 178 Å². The minimum Gasteiger partial charge on any atom is -0.496 e. The minimum absolute atomic E-state index is 0.0716. The van der Waals surface area contributed by atoms with Gasteiger partial charge in [-0.25, -0.2) is 4.79 Å². The monoisotopic (exact) mass is 426 g/mol. The summed E-state index contributed by atoms with van der Waals surface area (Å²) in [5.74, 6) is -0.511. The zero-order valence-corrected chi connectivity index (χ0v) is 17.5.